The van der Waals surface area contributed by atoms with Crippen molar-refractivity contribution in [2.24, 2.45) is 0 Å². The lowest BCUT2D eigenvalue weighted by atomic mass is 9.71. The van der Waals surface area contributed by atoms with Crippen LogP contribution in [0.3, 0.4) is 0 Å². The molecule has 0 aromatic heterocycles. The first-order valence-corrected chi connectivity index (χ1v) is 3.06. The van der Waals surface area contributed by atoms with Crippen molar-refractivity contribution in [3.63, 3.8) is 0 Å². The topological polar surface area (TPSA) is 98.7 Å². The highest BCUT2D eigenvalue weighted by Gasteiger charge is 2.35. The van der Waals surface area contributed by atoms with Gasteiger partial charge in [-0.3, -0.25) is 10.1 Å². The van der Waals surface area contributed by atoms with Crippen LogP contribution < -0.4 is 10.6 Å². The molecule has 0 aromatic rings. The molecule has 0 spiro atoms. The Labute approximate surface area is 62.7 Å². The first-order chi connectivity index (χ1) is 5.11. The van der Waals surface area contributed by atoms with Gasteiger partial charge in [0.2, 0.25) is 5.91 Å². The van der Waals surface area contributed by atoms with E-state index in [1.54, 1.807) is 0 Å². The van der Waals surface area contributed by atoms with Crippen LogP contribution >= 0.6 is 0 Å². The summed E-state index contributed by atoms with van der Waals surface area (Å²) >= 11 is 0. The van der Waals surface area contributed by atoms with Crippen molar-refractivity contribution >= 4 is 19.1 Å². The molecule has 1 heterocycles. The van der Waals surface area contributed by atoms with Crippen LogP contribution in [0.15, 0.2) is 0 Å². The van der Waals surface area contributed by atoms with Gasteiger partial charge in [-0.15, -0.1) is 0 Å². The third-order valence-corrected chi connectivity index (χ3v) is 1.42. The molecule has 1 rings (SSSR count). The number of hydrogen-bond acceptors (Lipinski definition) is 4. The van der Waals surface area contributed by atoms with E-state index in [1.165, 1.54) is 0 Å². The first kappa shape index (κ1) is 8.03. The standard InChI is InChI=1S/C4H7BN2O4/c8-3-2(5(10)11)1-6-4(9)7-3/h2,10-11H,1H2,(H2,6,7,8,9)/t2-/m0/s1. The highest BCUT2D eigenvalue weighted by Crippen LogP contribution is 2.07. The monoisotopic (exact) mass is 158 g/mol. The number of amides is 3. The van der Waals surface area contributed by atoms with Gasteiger partial charge >= 0.3 is 13.1 Å². The van der Waals surface area contributed by atoms with E-state index in [4.69, 9.17) is 10.0 Å². The molecule has 0 unspecified atom stereocenters. The Morgan fingerprint density at radius 3 is 2.55 bits per heavy atom. The average Bonchev–Trinajstić information content (AvgIpc) is 1.85. The third-order valence-electron chi connectivity index (χ3n) is 1.42. The Hall–Kier alpha value is -1.08. The molecule has 1 saturated heterocycles. The lowest BCUT2D eigenvalue weighted by Gasteiger charge is -2.20. The maximum Gasteiger partial charge on any atom is 0.466 e. The van der Waals surface area contributed by atoms with Crippen molar-refractivity contribution < 1.29 is 19.6 Å². The summed E-state index contributed by atoms with van der Waals surface area (Å²) < 4.78 is 0. The zero-order valence-electron chi connectivity index (χ0n) is 5.57. The molecule has 6 nitrogen and oxygen atoms in total. The van der Waals surface area contributed by atoms with Crippen molar-refractivity contribution in [3.8, 4) is 0 Å². The lowest BCUT2D eigenvalue weighted by molar-refractivity contribution is -0.120. The van der Waals surface area contributed by atoms with Crippen LogP contribution in [0.1, 0.15) is 0 Å². The Balaban J connectivity index is 2.57. The quantitative estimate of drug-likeness (QED) is 0.321. The van der Waals surface area contributed by atoms with Gasteiger partial charge in [0, 0.05) is 6.54 Å². The van der Waals surface area contributed by atoms with Crippen LogP contribution in [0.5, 0.6) is 0 Å². The van der Waals surface area contributed by atoms with Crippen LogP contribution in [0.25, 0.3) is 0 Å². The Morgan fingerprint density at radius 2 is 2.09 bits per heavy atom. The minimum atomic E-state index is -1.73. The third kappa shape index (κ3) is 1.69. The molecule has 60 valence electrons. The molecule has 4 N–H and O–H groups in total. The van der Waals surface area contributed by atoms with E-state index in [9.17, 15) is 9.59 Å². The van der Waals surface area contributed by atoms with Gasteiger partial charge in [-0.2, -0.15) is 0 Å². The van der Waals surface area contributed by atoms with Gasteiger partial charge in [-0.05, 0) is 0 Å². The van der Waals surface area contributed by atoms with Gasteiger partial charge in [-0.1, -0.05) is 0 Å². The zero-order chi connectivity index (χ0) is 8.43. The molecule has 11 heavy (non-hydrogen) atoms. The summed E-state index contributed by atoms with van der Waals surface area (Å²) in [4.78, 5) is 21.2. The van der Waals surface area contributed by atoms with Crippen LogP contribution in [-0.4, -0.2) is 35.6 Å². The van der Waals surface area contributed by atoms with E-state index in [0.717, 1.165) is 0 Å². The van der Waals surface area contributed by atoms with E-state index < -0.39 is 24.9 Å². The summed E-state index contributed by atoms with van der Waals surface area (Å²) in [6, 6.07) is -0.605. The predicted molar refractivity (Wildman–Crippen MR) is 35.5 cm³/mol. The van der Waals surface area contributed by atoms with Gasteiger partial charge in [0.25, 0.3) is 0 Å². The van der Waals surface area contributed by atoms with E-state index in [2.05, 4.69) is 5.32 Å². The molecule has 0 aliphatic carbocycles. The molecular weight excluding hydrogens is 151 g/mol. The van der Waals surface area contributed by atoms with E-state index >= 15 is 0 Å². The SMILES string of the molecule is O=C1NC[C@H](B(O)O)C(=O)N1. The second kappa shape index (κ2) is 2.89. The minimum Gasteiger partial charge on any atom is -0.427 e. The Morgan fingerprint density at radius 1 is 1.45 bits per heavy atom. The van der Waals surface area contributed by atoms with Gasteiger partial charge < -0.3 is 15.4 Å². The molecule has 0 radical (unpaired) electrons. The maximum absolute atomic E-state index is 10.8. The lowest BCUT2D eigenvalue weighted by Crippen LogP contribution is -2.53. The Kier molecular flexibility index (Phi) is 2.11. The average molecular weight is 158 g/mol. The fourth-order valence-electron chi connectivity index (χ4n) is 0.785. The van der Waals surface area contributed by atoms with Crippen LogP contribution in [0.2, 0.25) is 5.82 Å². The van der Waals surface area contributed by atoms with E-state index in [-0.39, 0.29) is 6.54 Å². The molecule has 7 heteroatoms. The molecule has 1 aliphatic heterocycles. The van der Waals surface area contributed by atoms with Crippen LogP contribution in [0, 0.1) is 0 Å². The van der Waals surface area contributed by atoms with E-state index in [0.29, 0.717) is 0 Å². The zero-order valence-corrected chi connectivity index (χ0v) is 5.57. The largest absolute Gasteiger partial charge is 0.466 e. The first-order valence-electron chi connectivity index (χ1n) is 3.06. The molecule has 1 atom stereocenters. The Bertz CT molecular complexity index is 195. The molecule has 0 bridgehead atoms. The fourth-order valence-corrected chi connectivity index (χ4v) is 0.785. The fraction of sp³-hybridized carbons (Fsp3) is 0.500. The molecule has 3 amide bonds. The van der Waals surface area contributed by atoms with Gasteiger partial charge in [0.15, 0.2) is 0 Å². The molecule has 1 fully saturated rings. The van der Waals surface area contributed by atoms with E-state index in [1.807, 2.05) is 5.32 Å². The highest BCUT2D eigenvalue weighted by molar-refractivity contribution is 6.50. The second-order valence-corrected chi connectivity index (χ2v) is 2.22. The number of rotatable bonds is 1. The van der Waals surface area contributed by atoms with Crippen molar-refractivity contribution in [1.29, 1.82) is 0 Å². The summed E-state index contributed by atoms with van der Waals surface area (Å²) in [5.41, 5.74) is 0. The van der Waals surface area contributed by atoms with Gasteiger partial charge in [0.05, 0.1) is 5.82 Å². The van der Waals surface area contributed by atoms with Gasteiger partial charge in [-0.25, -0.2) is 4.79 Å². The van der Waals surface area contributed by atoms with Crippen LogP contribution in [0.4, 0.5) is 4.79 Å². The van der Waals surface area contributed by atoms with Gasteiger partial charge in [0.1, 0.15) is 0 Å². The number of carbonyl (C=O) groups excluding carboxylic acids is 2. The predicted octanol–water partition coefficient (Wildman–Crippen LogP) is -2.33. The summed E-state index contributed by atoms with van der Waals surface area (Å²) in [7, 11) is -1.73. The summed E-state index contributed by atoms with van der Waals surface area (Å²) in [5, 5.41) is 21.3. The maximum atomic E-state index is 10.8. The molecular formula is C4H7BN2O4. The summed E-state index contributed by atoms with van der Waals surface area (Å²) in [5.74, 6) is -1.63. The number of carbonyl (C=O) groups is 2. The van der Waals surface area contributed by atoms with Crippen molar-refractivity contribution in [1.82, 2.24) is 10.6 Å². The van der Waals surface area contributed by atoms with Crippen LogP contribution in [-0.2, 0) is 4.79 Å². The number of hydrogen-bond donors (Lipinski definition) is 4. The number of urea groups is 1. The minimum absolute atomic E-state index is 0.0394. The molecule has 0 aromatic carbocycles. The smallest absolute Gasteiger partial charge is 0.427 e. The normalized spacial score (nSPS) is 24.0. The summed E-state index contributed by atoms with van der Waals surface area (Å²) in [6.45, 7) is -0.0394. The molecule has 1 aliphatic rings. The number of nitrogens with one attached hydrogen (secondary N) is 2. The summed E-state index contributed by atoms with van der Waals surface area (Å²) in [6.07, 6.45) is 0. The second-order valence-electron chi connectivity index (χ2n) is 2.22. The van der Waals surface area contributed by atoms with Crippen molar-refractivity contribution in [3.05, 3.63) is 0 Å². The highest BCUT2D eigenvalue weighted by atomic mass is 16.4. The number of imide groups is 1. The molecule has 0 saturated carbocycles. The van der Waals surface area contributed by atoms with Crippen molar-refractivity contribution in [2.45, 2.75) is 5.82 Å². The van der Waals surface area contributed by atoms with Crippen molar-refractivity contribution in [2.75, 3.05) is 6.54 Å².